The van der Waals surface area contributed by atoms with E-state index in [-0.39, 0.29) is 17.9 Å². The third-order valence-electron chi connectivity index (χ3n) is 5.59. The molecule has 7 nitrogen and oxygen atoms in total. The van der Waals surface area contributed by atoms with Crippen molar-refractivity contribution >= 4 is 34.6 Å². The summed E-state index contributed by atoms with van der Waals surface area (Å²) in [6, 6.07) is 7.70. The van der Waals surface area contributed by atoms with Gasteiger partial charge >= 0.3 is 0 Å². The third-order valence-corrected chi connectivity index (χ3v) is 5.59. The first-order chi connectivity index (χ1) is 14.5. The number of rotatable bonds is 5. The number of nitrogens with one attached hydrogen (secondary N) is 2. The number of carbonyl (C=O) groups excluding carboxylic acids is 2. The predicted molar refractivity (Wildman–Crippen MR) is 116 cm³/mol. The summed E-state index contributed by atoms with van der Waals surface area (Å²) in [5, 5.41) is 3.80. The Balaban J connectivity index is 1.50. The topological polar surface area (TPSA) is 87.3 Å². The van der Waals surface area contributed by atoms with Crippen molar-refractivity contribution < 1.29 is 14.3 Å². The SMILES string of the molecule is COc1cccc2c(C(C)N(C)C(=O)/C=C/c3cnc4c(c3)CCC(=O)N4)c[nH]c12. The van der Waals surface area contributed by atoms with E-state index in [0.29, 0.717) is 18.7 Å². The van der Waals surface area contributed by atoms with Crippen LogP contribution in [-0.2, 0) is 16.0 Å². The molecule has 4 rings (SSSR count). The van der Waals surface area contributed by atoms with Gasteiger partial charge < -0.3 is 19.9 Å². The lowest BCUT2D eigenvalue weighted by Crippen LogP contribution is -2.27. The number of methoxy groups -OCH3 is 1. The van der Waals surface area contributed by atoms with Gasteiger partial charge in [0.15, 0.2) is 0 Å². The zero-order valence-electron chi connectivity index (χ0n) is 17.2. The minimum atomic E-state index is -0.125. The Labute approximate surface area is 174 Å². The number of likely N-dealkylation sites (N-methyl/N-ethyl adjacent to an activating group) is 1. The molecule has 30 heavy (non-hydrogen) atoms. The van der Waals surface area contributed by atoms with E-state index in [1.807, 2.05) is 37.4 Å². The number of ether oxygens (including phenoxy) is 1. The van der Waals surface area contributed by atoms with Crippen LogP contribution in [0.3, 0.4) is 0 Å². The number of nitrogens with zero attached hydrogens (tertiary/aromatic N) is 2. The number of amides is 2. The molecule has 0 spiro atoms. The van der Waals surface area contributed by atoms with Crippen LogP contribution in [0.5, 0.6) is 5.75 Å². The van der Waals surface area contributed by atoms with Crippen LogP contribution < -0.4 is 10.1 Å². The second-order valence-electron chi connectivity index (χ2n) is 7.41. The number of para-hydroxylation sites is 1. The van der Waals surface area contributed by atoms with Crippen LogP contribution in [0.2, 0.25) is 0 Å². The van der Waals surface area contributed by atoms with E-state index < -0.39 is 0 Å². The monoisotopic (exact) mass is 404 g/mol. The number of carbonyl (C=O) groups is 2. The molecule has 1 aliphatic heterocycles. The van der Waals surface area contributed by atoms with Crippen LogP contribution in [0.1, 0.15) is 36.1 Å². The second kappa shape index (κ2) is 8.02. The van der Waals surface area contributed by atoms with Crippen molar-refractivity contribution in [2.45, 2.75) is 25.8 Å². The van der Waals surface area contributed by atoms with Gasteiger partial charge in [-0.15, -0.1) is 0 Å². The molecule has 0 saturated heterocycles. The summed E-state index contributed by atoms with van der Waals surface area (Å²) in [6.45, 7) is 2.00. The molecule has 0 saturated carbocycles. The molecule has 0 radical (unpaired) electrons. The van der Waals surface area contributed by atoms with Gasteiger partial charge in [0, 0.05) is 37.3 Å². The summed E-state index contributed by atoms with van der Waals surface area (Å²) in [5.41, 5.74) is 3.76. The fourth-order valence-electron chi connectivity index (χ4n) is 3.71. The maximum absolute atomic E-state index is 12.8. The van der Waals surface area contributed by atoms with E-state index in [1.54, 1.807) is 37.4 Å². The van der Waals surface area contributed by atoms with Gasteiger partial charge in [-0.25, -0.2) is 4.98 Å². The average Bonchev–Trinajstić information content (AvgIpc) is 3.20. The van der Waals surface area contributed by atoms with Crippen molar-refractivity contribution in [1.82, 2.24) is 14.9 Å². The van der Waals surface area contributed by atoms with Gasteiger partial charge in [0.1, 0.15) is 11.6 Å². The summed E-state index contributed by atoms with van der Waals surface area (Å²) in [7, 11) is 3.43. The Morgan fingerprint density at radius 1 is 1.33 bits per heavy atom. The number of benzene rings is 1. The molecule has 1 unspecified atom stereocenters. The number of aromatic nitrogens is 2. The van der Waals surface area contributed by atoms with Gasteiger partial charge in [0.25, 0.3) is 0 Å². The molecule has 0 bridgehead atoms. The van der Waals surface area contributed by atoms with Crippen molar-refractivity contribution in [2.24, 2.45) is 0 Å². The smallest absolute Gasteiger partial charge is 0.246 e. The lowest BCUT2D eigenvalue weighted by Gasteiger charge is -2.23. The van der Waals surface area contributed by atoms with Gasteiger partial charge in [-0.2, -0.15) is 0 Å². The van der Waals surface area contributed by atoms with E-state index >= 15 is 0 Å². The summed E-state index contributed by atoms with van der Waals surface area (Å²) in [4.78, 5) is 33.5. The molecule has 2 aromatic heterocycles. The van der Waals surface area contributed by atoms with Crippen LogP contribution in [0.4, 0.5) is 5.82 Å². The predicted octanol–water partition coefficient (Wildman–Crippen LogP) is 3.69. The molecule has 0 aliphatic carbocycles. The summed E-state index contributed by atoms with van der Waals surface area (Å²) in [6.07, 6.45) is 8.00. The average molecular weight is 404 g/mol. The molecular weight excluding hydrogens is 380 g/mol. The Kier molecular flexibility index (Phi) is 5.27. The highest BCUT2D eigenvalue weighted by Crippen LogP contribution is 2.32. The van der Waals surface area contributed by atoms with Crippen molar-refractivity contribution in [1.29, 1.82) is 0 Å². The van der Waals surface area contributed by atoms with Crippen LogP contribution in [0, 0.1) is 0 Å². The van der Waals surface area contributed by atoms with E-state index in [2.05, 4.69) is 15.3 Å². The van der Waals surface area contributed by atoms with E-state index in [4.69, 9.17) is 4.74 Å². The normalized spacial score (nSPS) is 14.4. The van der Waals surface area contributed by atoms with Crippen LogP contribution >= 0.6 is 0 Å². The summed E-state index contributed by atoms with van der Waals surface area (Å²) < 4.78 is 5.41. The number of hydrogen-bond acceptors (Lipinski definition) is 4. The van der Waals surface area contributed by atoms with Crippen molar-refractivity contribution in [2.75, 3.05) is 19.5 Å². The number of anilines is 1. The fraction of sp³-hybridized carbons (Fsp3) is 0.261. The minimum Gasteiger partial charge on any atom is -0.495 e. The zero-order valence-corrected chi connectivity index (χ0v) is 17.2. The molecule has 2 amide bonds. The van der Waals surface area contributed by atoms with Gasteiger partial charge in [-0.1, -0.05) is 12.1 Å². The lowest BCUT2D eigenvalue weighted by molar-refractivity contribution is -0.126. The number of fused-ring (bicyclic) bond motifs is 2. The van der Waals surface area contributed by atoms with Crippen LogP contribution in [0.15, 0.2) is 42.7 Å². The van der Waals surface area contributed by atoms with E-state index in [9.17, 15) is 9.59 Å². The number of H-pyrrole nitrogens is 1. The minimum absolute atomic E-state index is 0.0148. The first-order valence-electron chi connectivity index (χ1n) is 9.85. The van der Waals surface area contributed by atoms with Gasteiger partial charge in [0.2, 0.25) is 11.8 Å². The first-order valence-corrected chi connectivity index (χ1v) is 9.85. The quantitative estimate of drug-likeness (QED) is 0.635. The lowest BCUT2D eigenvalue weighted by atomic mass is 10.0. The van der Waals surface area contributed by atoms with E-state index in [0.717, 1.165) is 33.3 Å². The summed E-state index contributed by atoms with van der Waals surface area (Å²) in [5.74, 6) is 1.26. The molecule has 7 heteroatoms. The molecule has 154 valence electrons. The Bertz CT molecular complexity index is 1150. The van der Waals surface area contributed by atoms with Crippen molar-refractivity contribution in [3.05, 3.63) is 59.4 Å². The number of aryl methyl sites for hydroxylation is 1. The molecular formula is C23H24N4O3. The zero-order chi connectivity index (χ0) is 21.3. The van der Waals surface area contributed by atoms with E-state index in [1.165, 1.54) is 0 Å². The number of hydrogen-bond donors (Lipinski definition) is 2. The van der Waals surface area contributed by atoms with Gasteiger partial charge in [-0.3, -0.25) is 9.59 Å². The Morgan fingerprint density at radius 2 is 2.17 bits per heavy atom. The maximum Gasteiger partial charge on any atom is 0.246 e. The summed E-state index contributed by atoms with van der Waals surface area (Å²) >= 11 is 0. The molecule has 1 aromatic carbocycles. The molecule has 1 aliphatic rings. The van der Waals surface area contributed by atoms with Crippen LogP contribution in [0.25, 0.3) is 17.0 Å². The van der Waals surface area contributed by atoms with Gasteiger partial charge in [0.05, 0.1) is 18.7 Å². The third kappa shape index (κ3) is 3.66. The molecule has 1 atom stereocenters. The second-order valence-corrected chi connectivity index (χ2v) is 7.41. The molecule has 3 aromatic rings. The first kappa shape index (κ1) is 19.7. The molecule has 0 fully saturated rings. The van der Waals surface area contributed by atoms with Crippen molar-refractivity contribution in [3.63, 3.8) is 0 Å². The van der Waals surface area contributed by atoms with Crippen molar-refractivity contribution in [3.8, 4) is 5.75 Å². The highest BCUT2D eigenvalue weighted by molar-refractivity contribution is 5.94. The fourth-order valence-corrected chi connectivity index (χ4v) is 3.71. The van der Waals surface area contributed by atoms with Crippen LogP contribution in [-0.4, -0.2) is 40.8 Å². The van der Waals surface area contributed by atoms with Gasteiger partial charge in [-0.05, 0) is 48.2 Å². The largest absolute Gasteiger partial charge is 0.495 e. The highest BCUT2D eigenvalue weighted by atomic mass is 16.5. The molecule has 2 N–H and O–H groups in total. The number of pyridine rings is 1. The maximum atomic E-state index is 12.8. The molecule has 3 heterocycles. The Hall–Kier alpha value is -3.61. The highest BCUT2D eigenvalue weighted by Gasteiger charge is 2.20. The Morgan fingerprint density at radius 3 is 2.97 bits per heavy atom. The number of aromatic amines is 1. The standard InChI is InChI=1S/C23H24N4O3/c1-14(18-13-24-22-17(18)5-4-6-19(22)30-3)27(2)21(29)10-7-15-11-16-8-9-20(28)26-23(16)25-12-15/h4-7,10-14,24H,8-9H2,1-3H3,(H,25,26,28)/b10-7+.